The third kappa shape index (κ3) is 4.20. The summed E-state index contributed by atoms with van der Waals surface area (Å²) in [4.78, 5) is 24.0. The molecule has 1 atom stereocenters. The number of carbonyl (C=O) groups is 2. The molecule has 2 rings (SSSR count). The van der Waals surface area contributed by atoms with Gasteiger partial charge in [0.15, 0.2) is 0 Å². The molecule has 1 aromatic rings. The Morgan fingerprint density at radius 1 is 1.30 bits per heavy atom. The van der Waals surface area contributed by atoms with Gasteiger partial charge in [0, 0.05) is 7.11 Å². The molecule has 0 aromatic heterocycles. The second-order valence-corrected chi connectivity index (χ2v) is 5.98. The molecule has 1 saturated heterocycles. The number of ether oxygens (including phenoxy) is 3. The Kier molecular flexibility index (Phi) is 5.55. The van der Waals surface area contributed by atoms with Gasteiger partial charge >= 0.3 is 11.9 Å². The van der Waals surface area contributed by atoms with Crippen LogP contribution in [0.15, 0.2) is 42.0 Å². The SMILES string of the molecule is COC/C=C1/[C@H](CC(=O)OCc2ccccc2)OC(=O)C1(C)C. The zero-order chi connectivity index (χ0) is 16.9. The molecule has 1 aliphatic rings. The predicted octanol–water partition coefficient (Wildman–Crippen LogP) is 2.64. The van der Waals surface area contributed by atoms with E-state index in [0.717, 1.165) is 11.1 Å². The number of carbonyl (C=O) groups excluding carboxylic acids is 2. The molecule has 0 bridgehead atoms. The largest absolute Gasteiger partial charge is 0.461 e. The van der Waals surface area contributed by atoms with Gasteiger partial charge in [-0.05, 0) is 25.0 Å². The van der Waals surface area contributed by atoms with Gasteiger partial charge in [0.25, 0.3) is 0 Å². The van der Waals surface area contributed by atoms with Gasteiger partial charge in [0.2, 0.25) is 0 Å². The van der Waals surface area contributed by atoms with Crippen LogP contribution in [-0.4, -0.2) is 31.8 Å². The van der Waals surface area contributed by atoms with Crippen molar-refractivity contribution in [3.63, 3.8) is 0 Å². The first-order chi connectivity index (χ1) is 10.9. The molecule has 1 aliphatic heterocycles. The van der Waals surface area contributed by atoms with Gasteiger partial charge in [0.1, 0.15) is 12.7 Å². The summed E-state index contributed by atoms with van der Waals surface area (Å²) < 4.78 is 15.6. The van der Waals surface area contributed by atoms with Crippen molar-refractivity contribution < 1.29 is 23.8 Å². The Morgan fingerprint density at radius 3 is 2.65 bits per heavy atom. The van der Waals surface area contributed by atoms with Gasteiger partial charge in [-0.1, -0.05) is 36.4 Å². The quantitative estimate of drug-likeness (QED) is 0.596. The molecular formula is C18H22O5. The van der Waals surface area contributed by atoms with Crippen molar-refractivity contribution in [1.29, 1.82) is 0 Å². The van der Waals surface area contributed by atoms with E-state index in [2.05, 4.69) is 0 Å². The minimum Gasteiger partial charge on any atom is -0.461 e. The average Bonchev–Trinajstić information content (AvgIpc) is 2.74. The third-order valence-corrected chi connectivity index (χ3v) is 3.89. The van der Waals surface area contributed by atoms with Crippen LogP contribution in [0.1, 0.15) is 25.8 Å². The van der Waals surface area contributed by atoms with Crippen LogP contribution in [0.4, 0.5) is 0 Å². The highest BCUT2D eigenvalue weighted by Gasteiger charge is 2.46. The van der Waals surface area contributed by atoms with Crippen molar-refractivity contribution >= 4 is 11.9 Å². The van der Waals surface area contributed by atoms with E-state index < -0.39 is 17.5 Å². The van der Waals surface area contributed by atoms with Crippen LogP contribution in [-0.2, 0) is 30.4 Å². The highest BCUT2D eigenvalue weighted by atomic mass is 16.6. The molecule has 5 nitrogen and oxygen atoms in total. The summed E-state index contributed by atoms with van der Waals surface area (Å²) in [5, 5.41) is 0. The minimum atomic E-state index is -0.747. The Labute approximate surface area is 136 Å². The second kappa shape index (κ2) is 7.42. The highest BCUT2D eigenvalue weighted by Crippen LogP contribution is 2.40. The Bertz CT molecular complexity index is 589. The molecule has 0 radical (unpaired) electrons. The molecule has 1 aromatic carbocycles. The summed E-state index contributed by atoms with van der Waals surface area (Å²) >= 11 is 0. The van der Waals surface area contributed by atoms with Crippen LogP contribution < -0.4 is 0 Å². The second-order valence-electron chi connectivity index (χ2n) is 5.98. The van der Waals surface area contributed by atoms with Gasteiger partial charge in [-0.3, -0.25) is 9.59 Å². The van der Waals surface area contributed by atoms with E-state index in [9.17, 15) is 9.59 Å². The standard InChI is InChI=1S/C18H22O5/c1-18(2)14(9-10-21-3)15(23-17(18)20)11-16(19)22-12-13-7-5-4-6-8-13/h4-9,15H,10-12H2,1-3H3/b14-9-/t15-/m0/s1. The Balaban J connectivity index is 1.97. The van der Waals surface area contributed by atoms with Crippen LogP contribution in [0.3, 0.4) is 0 Å². The fourth-order valence-electron chi connectivity index (χ4n) is 2.52. The van der Waals surface area contributed by atoms with Crippen LogP contribution in [0.2, 0.25) is 0 Å². The maximum Gasteiger partial charge on any atom is 0.316 e. The first kappa shape index (κ1) is 17.2. The molecule has 0 N–H and O–H groups in total. The first-order valence-corrected chi connectivity index (χ1v) is 7.55. The van der Waals surface area contributed by atoms with E-state index in [1.54, 1.807) is 27.0 Å². The van der Waals surface area contributed by atoms with Gasteiger partial charge < -0.3 is 14.2 Å². The van der Waals surface area contributed by atoms with Crippen LogP contribution >= 0.6 is 0 Å². The van der Waals surface area contributed by atoms with Crippen molar-refractivity contribution in [2.75, 3.05) is 13.7 Å². The maximum absolute atomic E-state index is 12.0. The molecule has 0 amide bonds. The number of rotatable bonds is 6. The topological polar surface area (TPSA) is 61.8 Å². The monoisotopic (exact) mass is 318 g/mol. The fourth-order valence-corrected chi connectivity index (χ4v) is 2.52. The van der Waals surface area contributed by atoms with E-state index in [1.165, 1.54) is 0 Å². The smallest absolute Gasteiger partial charge is 0.316 e. The highest BCUT2D eigenvalue weighted by molar-refractivity contribution is 5.85. The van der Waals surface area contributed by atoms with Crippen molar-refractivity contribution in [3.05, 3.63) is 47.5 Å². The molecule has 1 heterocycles. The van der Waals surface area contributed by atoms with E-state index in [4.69, 9.17) is 14.2 Å². The molecule has 0 aliphatic carbocycles. The molecule has 124 valence electrons. The van der Waals surface area contributed by atoms with Crippen molar-refractivity contribution in [2.24, 2.45) is 5.41 Å². The molecular weight excluding hydrogens is 296 g/mol. The van der Waals surface area contributed by atoms with Crippen molar-refractivity contribution in [3.8, 4) is 0 Å². The van der Waals surface area contributed by atoms with Crippen molar-refractivity contribution in [1.82, 2.24) is 0 Å². The number of methoxy groups -OCH3 is 1. The number of hydrogen-bond donors (Lipinski definition) is 0. The van der Waals surface area contributed by atoms with Crippen LogP contribution in [0.5, 0.6) is 0 Å². The molecule has 0 unspecified atom stereocenters. The zero-order valence-electron chi connectivity index (χ0n) is 13.7. The van der Waals surface area contributed by atoms with Gasteiger partial charge in [-0.15, -0.1) is 0 Å². The Morgan fingerprint density at radius 2 is 2.00 bits per heavy atom. The summed E-state index contributed by atoms with van der Waals surface area (Å²) in [6, 6.07) is 9.44. The lowest BCUT2D eigenvalue weighted by atomic mass is 9.83. The van der Waals surface area contributed by atoms with E-state index in [0.29, 0.717) is 6.61 Å². The summed E-state index contributed by atoms with van der Waals surface area (Å²) in [7, 11) is 1.57. The maximum atomic E-state index is 12.0. The molecule has 23 heavy (non-hydrogen) atoms. The number of hydrogen-bond acceptors (Lipinski definition) is 5. The molecule has 0 saturated carbocycles. The predicted molar refractivity (Wildman–Crippen MR) is 84.5 cm³/mol. The Hall–Kier alpha value is -2.14. The lowest BCUT2D eigenvalue weighted by Gasteiger charge is -2.16. The number of benzene rings is 1. The lowest BCUT2D eigenvalue weighted by Crippen LogP contribution is -2.21. The number of cyclic esters (lactones) is 1. The van der Waals surface area contributed by atoms with Gasteiger partial charge in [-0.2, -0.15) is 0 Å². The van der Waals surface area contributed by atoms with Crippen LogP contribution in [0, 0.1) is 5.41 Å². The van der Waals surface area contributed by atoms with Crippen LogP contribution in [0.25, 0.3) is 0 Å². The lowest BCUT2D eigenvalue weighted by molar-refractivity contribution is -0.152. The van der Waals surface area contributed by atoms with Crippen molar-refractivity contribution in [2.45, 2.75) is 33.0 Å². The van der Waals surface area contributed by atoms with E-state index in [1.807, 2.05) is 30.3 Å². The summed E-state index contributed by atoms with van der Waals surface area (Å²) in [6.45, 7) is 4.14. The number of esters is 2. The minimum absolute atomic E-state index is 0.0115. The third-order valence-electron chi connectivity index (χ3n) is 3.89. The summed E-state index contributed by atoms with van der Waals surface area (Å²) in [5.74, 6) is -0.728. The average molecular weight is 318 g/mol. The van der Waals surface area contributed by atoms with Gasteiger partial charge in [-0.25, -0.2) is 0 Å². The van der Waals surface area contributed by atoms with Gasteiger partial charge in [0.05, 0.1) is 18.4 Å². The molecule has 1 fully saturated rings. The summed E-state index contributed by atoms with van der Waals surface area (Å²) in [5.41, 5.74) is 0.934. The fraction of sp³-hybridized carbons (Fsp3) is 0.444. The molecule has 0 spiro atoms. The summed E-state index contributed by atoms with van der Waals surface area (Å²) in [6.07, 6.45) is 1.23. The molecule has 5 heteroatoms. The zero-order valence-corrected chi connectivity index (χ0v) is 13.7. The van der Waals surface area contributed by atoms with E-state index in [-0.39, 0.29) is 19.0 Å². The van der Waals surface area contributed by atoms with E-state index >= 15 is 0 Å². The normalized spacial score (nSPS) is 21.3. The first-order valence-electron chi connectivity index (χ1n) is 7.55.